The minimum Gasteiger partial charge on any atom is -0.334 e. The molecule has 3 nitrogen and oxygen atoms in total. The van der Waals surface area contributed by atoms with Crippen molar-refractivity contribution in [1.82, 2.24) is 14.9 Å². The van der Waals surface area contributed by atoms with Crippen LogP contribution in [0.4, 0.5) is 0 Å². The van der Waals surface area contributed by atoms with Gasteiger partial charge in [-0.1, -0.05) is 33.1 Å². The summed E-state index contributed by atoms with van der Waals surface area (Å²) in [7, 11) is 0. The molecule has 0 atom stereocenters. The molecule has 1 saturated carbocycles. The molecule has 1 N–H and O–H groups in total. The molecule has 1 aliphatic carbocycles. The minimum atomic E-state index is 0.312. The number of imidazole rings is 1. The molecule has 0 bridgehead atoms. The van der Waals surface area contributed by atoms with E-state index >= 15 is 0 Å². The van der Waals surface area contributed by atoms with Crippen molar-refractivity contribution in [2.75, 3.05) is 13.1 Å². The van der Waals surface area contributed by atoms with Crippen LogP contribution in [-0.2, 0) is 12.0 Å². The number of piperidine rings is 1. The highest BCUT2D eigenvalue weighted by Crippen LogP contribution is 2.39. The first kappa shape index (κ1) is 14.1. The lowest BCUT2D eigenvalue weighted by atomic mass is 9.74. The molecule has 0 aromatic carbocycles. The van der Waals surface area contributed by atoms with Gasteiger partial charge in [-0.15, -0.1) is 0 Å². The van der Waals surface area contributed by atoms with E-state index in [1.165, 1.54) is 50.6 Å². The highest BCUT2D eigenvalue weighted by Gasteiger charge is 2.34. The van der Waals surface area contributed by atoms with Crippen LogP contribution in [0, 0.1) is 5.41 Å². The van der Waals surface area contributed by atoms with Crippen molar-refractivity contribution in [1.29, 1.82) is 0 Å². The average molecular weight is 275 g/mol. The quantitative estimate of drug-likeness (QED) is 0.915. The van der Waals surface area contributed by atoms with E-state index in [0.29, 0.717) is 10.8 Å². The molecule has 1 aliphatic heterocycles. The van der Waals surface area contributed by atoms with Crippen LogP contribution >= 0.6 is 0 Å². The van der Waals surface area contributed by atoms with Crippen molar-refractivity contribution in [2.45, 2.75) is 70.8 Å². The summed E-state index contributed by atoms with van der Waals surface area (Å²) in [5, 5.41) is 3.48. The zero-order valence-electron chi connectivity index (χ0n) is 13.1. The first-order chi connectivity index (χ1) is 9.61. The van der Waals surface area contributed by atoms with Gasteiger partial charge in [-0.25, -0.2) is 4.98 Å². The predicted octanol–water partition coefficient (Wildman–Crippen LogP) is 3.49. The first-order valence-electron chi connectivity index (χ1n) is 8.33. The molecule has 112 valence electrons. The molecule has 0 amide bonds. The van der Waals surface area contributed by atoms with Crippen LogP contribution in [0.5, 0.6) is 0 Å². The van der Waals surface area contributed by atoms with E-state index in [2.05, 4.69) is 41.2 Å². The third-order valence-electron chi connectivity index (χ3n) is 5.65. The van der Waals surface area contributed by atoms with E-state index in [4.69, 9.17) is 0 Å². The fourth-order valence-corrected chi connectivity index (χ4v) is 4.16. The molecular formula is C17H29N3. The largest absolute Gasteiger partial charge is 0.334 e. The Kier molecular flexibility index (Phi) is 3.89. The summed E-state index contributed by atoms with van der Waals surface area (Å²) >= 11 is 0. The van der Waals surface area contributed by atoms with Crippen LogP contribution in [-0.4, -0.2) is 22.6 Å². The smallest absolute Gasteiger partial charge is 0.0948 e. The van der Waals surface area contributed by atoms with Gasteiger partial charge in [0, 0.05) is 23.9 Å². The molecule has 2 fully saturated rings. The zero-order chi connectivity index (χ0) is 14.1. The Hall–Kier alpha value is -0.830. The van der Waals surface area contributed by atoms with Gasteiger partial charge in [-0.3, -0.25) is 0 Å². The molecule has 2 aliphatic rings. The summed E-state index contributed by atoms with van der Waals surface area (Å²) in [5.41, 5.74) is 2.26. The maximum Gasteiger partial charge on any atom is 0.0948 e. The van der Waals surface area contributed by atoms with Crippen LogP contribution in [0.3, 0.4) is 0 Å². The Bertz CT molecular complexity index is 437. The molecule has 0 spiro atoms. The van der Waals surface area contributed by atoms with E-state index in [-0.39, 0.29) is 0 Å². The van der Waals surface area contributed by atoms with Gasteiger partial charge in [0.25, 0.3) is 0 Å². The normalized spacial score (nSPS) is 25.5. The van der Waals surface area contributed by atoms with Crippen molar-refractivity contribution in [3.05, 3.63) is 18.2 Å². The molecule has 3 heteroatoms. The fourth-order valence-electron chi connectivity index (χ4n) is 4.16. The second-order valence-electron chi connectivity index (χ2n) is 7.59. The van der Waals surface area contributed by atoms with Crippen molar-refractivity contribution in [3.63, 3.8) is 0 Å². The summed E-state index contributed by atoms with van der Waals surface area (Å²) in [6.07, 6.45) is 13.6. The van der Waals surface area contributed by atoms with Gasteiger partial charge in [0.1, 0.15) is 0 Å². The number of aromatic nitrogens is 2. The molecule has 20 heavy (non-hydrogen) atoms. The summed E-state index contributed by atoms with van der Waals surface area (Å²) in [6, 6.07) is 0. The molecule has 0 unspecified atom stereocenters. The lowest BCUT2D eigenvalue weighted by molar-refractivity contribution is 0.176. The average Bonchev–Trinajstić information content (AvgIpc) is 2.88. The van der Waals surface area contributed by atoms with Gasteiger partial charge in [-0.2, -0.15) is 0 Å². The number of hydrogen-bond donors (Lipinski definition) is 1. The first-order valence-corrected chi connectivity index (χ1v) is 8.33. The van der Waals surface area contributed by atoms with Gasteiger partial charge in [-0.05, 0) is 44.2 Å². The van der Waals surface area contributed by atoms with Crippen LogP contribution in [0.1, 0.15) is 64.5 Å². The minimum absolute atomic E-state index is 0.312. The summed E-state index contributed by atoms with van der Waals surface area (Å²) in [4.78, 5) is 4.48. The van der Waals surface area contributed by atoms with Crippen molar-refractivity contribution in [2.24, 2.45) is 5.41 Å². The van der Waals surface area contributed by atoms with E-state index in [9.17, 15) is 0 Å². The Morgan fingerprint density at radius 3 is 2.50 bits per heavy atom. The van der Waals surface area contributed by atoms with E-state index in [0.717, 1.165) is 19.6 Å². The third kappa shape index (κ3) is 2.78. The number of rotatable bonds is 3. The maximum absolute atomic E-state index is 4.48. The Balaban J connectivity index is 1.79. The topological polar surface area (TPSA) is 29.9 Å². The SMILES string of the molecule is CC1(Cn2cncc2C2(C)CCNCC2)CCCCC1. The van der Waals surface area contributed by atoms with Gasteiger partial charge in [0.05, 0.1) is 6.33 Å². The molecule has 0 radical (unpaired) electrons. The molecule has 2 heterocycles. The monoisotopic (exact) mass is 275 g/mol. The van der Waals surface area contributed by atoms with Crippen LogP contribution < -0.4 is 5.32 Å². The van der Waals surface area contributed by atoms with E-state index in [1.807, 2.05) is 0 Å². The van der Waals surface area contributed by atoms with Gasteiger partial charge >= 0.3 is 0 Å². The summed E-state index contributed by atoms with van der Waals surface area (Å²) < 4.78 is 2.47. The van der Waals surface area contributed by atoms with Crippen LogP contribution in [0.25, 0.3) is 0 Å². The van der Waals surface area contributed by atoms with Crippen LogP contribution in [0.2, 0.25) is 0 Å². The number of nitrogens with one attached hydrogen (secondary N) is 1. The van der Waals surface area contributed by atoms with Gasteiger partial charge in [0.15, 0.2) is 0 Å². The maximum atomic E-state index is 4.48. The van der Waals surface area contributed by atoms with Crippen molar-refractivity contribution >= 4 is 0 Å². The molecule has 1 aromatic heterocycles. The molecule has 3 rings (SSSR count). The molecular weight excluding hydrogens is 246 g/mol. The fraction of sp³-hybridized carbons (Fsp3) is 0.824. The highest BCUT2D eigenvalue weighted by atomic mass is 15.1. The van der Waals surface area contributed by atoms with Gasteiger partial charge in [0.2, 0.25) is 0 Å². The van der Waals surface area contributed by atoms with E-state index in [1.54, 1.807) is 0 Å². The van der Waals surface area contributed by atoms with Gasteiger partial charge < -0.3 is 9.88 Å². The standard InChI is InChI=1S/C17H29N3/c1-16(6-4-3-5-7-16)13-20-14-19-12-15(20)17(2)8-10-18-11-9-17/h12,14,18H,3-11,13H2,1-2H3. The van der Waals surface area contributed by atoms with Crippen molar-refractivity contribution in [3.8, 4) is 0 Å². The Labute approximate surface area is 123 Å². The lowest BCUT2D eigenvalue weighted by Gasteiger charge is -2.38. The Morgan fingerprint density at radius 1 is 1.10 bits per heavy atom. The van der Waals surface area contributed by atoms with Crippen molar-refractivity contribution < 1.29 is 0 Å². The Morgan fingerprint density at radius 2 is 1.80 bits per heavy atom. The molecule has 1 saturated heterocycles. The predicted molar refractivity (Wildman–Crippen MR) is 82.9 cm³/mol. The molecule has 1 aromatic rings. The zero-order valence-corrected chi connectivity index (χ0v) is 13.1. The number of nitrogens with zero attached hydrogens (tertiary/aromatic N) is 2. The number of hydrogen-bond acceptors (Lipinski definition) is 2. The second kappa shape index (κ2) is 5.51. The summed E-state index contributed by atoms with van der Waals surface area (Å²) in [6.45, 7) is 8.33. The third-order valence-corrected chi connectivity index (χ3v) is 5.65. The second-order valence-corrected chi connectivity index (χ2v) is 7.59. The summed E-state index contributed by atoms with van der Waals surface area (Å²) in [5.74, 6) is 0. The lowest BCUT2D eigenvalue weighted by Crippen LogP contribution is -2.39. The van der Waals surface area contributed by atoms with Crippen LogP contribution in [0.15, 0.2) is 12.5 Å². The highest BCUT2D eigenvalue weighted by molar-refractivity contribution is 5.16. The van der Waals surface area contributed by atoms with E-state index < -0.39 is 0 Å².